The van der Waals surface area contributed by atoms with Crippen LogP contribution in [0, 0.1) is 0 Å². The van der Waals surface area contributed by atoms with E-state index in [9.17, 15) is 18.4 Å². The fourth-order valence-electron chi connectivity index (χ4n) is 2.43. The highest BCUT2D eigenvalue weighted by Gasteiger charge is 2.06. The summed E-state index contributed by atoms with van der Waals surface area (Å²) in [5.74, 6) is -0.184. The quantitative estimate of drug-likeness (QED) is 0.670. The molecule has 0 heterocycles. The molecule has 0 saturated heterocycles. The van der Waals surface area contributed by atoms with Crippen molar-refractivity contribution in [1.29, 1.82) is 0 Å². The second-order valence-electron chi connectivity index (χ2n) is 5.88. The number of nitrogens with one attached hydrogen (secondary N) is 2. The Labute approximate surface area is 156 Å². The zero-order valence-electron chi connectivity index (χ0n) is 14.8. The van der Waals surface area contributed by atoms with Crippen molar-refractivity contribution in [2.75, 3.05) is 13.1 Å². The van der Waals surface area contributed by atoms with E-state index in [4.69, 9.17) is 0 Å². The summed E-state index contributed by atoms with van der Waals surface area (Å²) in [4.78, 5) is 23.6. The van der Waals surface area contributed by atoms with Crippen molar-refractivity contribution in [2.24, 2.45) is 0 Å². The Morgan fingerprint density at radius 3 is 2.19 bits per heavy atom. The van der Waals surface area contributed by atoms with E-state index in [1.807, 2.05) is 30.3 Å². The van der Waals surface area contributed by atoms with Gasteiger partial charge in [0.05, 0.1) is 6.42 Å². The first-order valence-electron chi connectivity index (χ1n) is 8.64. The minimum atomic E-state index is -2.84. The van der Waals surface area contributed by atoms with Crippen LogP contribution in [-0.4, -0.2) is 31.5 Å². The van der Waals surface area contributed by atoms with Crippen LogP contribution in [0.5, 0.6) is 5.75 Å². The topological polar surface area (TPSA) is 67.4 Å². The van der Waals surface area contributed by atoms with Gasteiger partial charge in [0.25, 0.3) is 0 Å². The fraction of sp³-hybridized carbons (Fsp3) is 0.300. The lowest BCUT2D eigenvalue weighted by Gasteiger charge is -2.08. The fourth-order valence-corrected chi connectivity index (χ4v) is 2.43. The molecule has 144 valence electrons. The summed E-state index contributed by atoms with van der Waals surface area (Å²) < 4.78 is 28.4. The number of rotatable bonds is 10. The number of benzene rings is 2. The molecule has 7 heteroatoms. The van der Waals surface area contributed by atoms with Gasteiger partial charge in [-0.15, -0.1) is 0 Å². The summed E-state index contributed by atoms with van der Waals surface area (Å²) in [5.41, 5.74) is 1.82. The first kappa shape index (κ1) is 20.4. The largest absolute Gasteiger partial charge is 0.435 e. The number of hydrogen-bond donors (Lipinski definition) is 2. The van der Waals surface area contributed by atoms with Crippen molar-refractivity contribution in [1.82, 2.24) is 10.6 Å². The highest BCUT2D eigenvalue weighted by molar-refractivity contribution is 5.80. The van der Waals surface area contributed by atoms with Gasteiger partial charge in [-0.2, -0.15) is 8.78 Å². The first-order chi connectivity index (χ1) is 13.0. The summed E-state index contributed by atoms with van der Waals surface area (Å²) in [5, 5.41) is 5.48. The lowest BCUT2D eigenvalue weighted by atomic mass is 10.1. The molecule has 2 aromatic rings. The van der Waals surface area contributed by atoms with Crippen LogP contribution in [0.2, 0.25) is 0 Å². The van der Waals surface area contributed by atoms with Crippen molar-refractivity contribution in [2.45, 2.75) is 25.9 Å². The SMILES string of the molecule is O=C(CCNC(=O)Cc1ccccc1)NCCc1ccc(OC(F)F)cc1. The van der Waals surface area contributed by atoms with Crippen LogP contribution in [0.25, 0.3) is 0 Å². The molecule has 0 bridgehead atoms. The van der Waals surface area contributed by atoms with Gasteiger partial charge >= 0.3 is 6.61 Å². The van der Waals surface area contributed by atoms with E-state index >= 15 is 0 Å². The predicted octanol–water partition coefficient (Wildman–Crippen LogP) is 2.70. The third-order valence-corrected chi connectivity index (χ3v) is 3.77. The molecule has 0 aliphatic rings. The molecule has 2 amide bonds. The van der Waals surface area contributed by atoms with E-state index in [0.717, 1.165) is 11.1 Å². The Kier molecular flexibility index (Phi) is 8.22. The van der Waals surface area contributed by atoms with Crippen molar-refractivity contribution in [3.8, 4) is 5.75 Å². The third kappa shape index (κ3) is 8.31. The molecule has 0 saturated carbocycles. The number of amides is 2. The highest BCUT2D eigenvalue weighted by Crippen LogP contribution is 2.14. The van der Waals surface area contributed by atoms with Crippen LogP contribution in [0.1, 0.15) is 17.5 Å². The molecule has 0 fully saturated rings. The van der Waals surface area contributed by atoms with Crippen molar-refractivity contribution in [3.05, 3.63) is 65.7 Å². The Morgan fingerprint density at radius 2 is 1.52 bits per heavy atom. The number of halogens is 2. The molecule has 0 spiro atoms. The molecule has 0 radical (unpaired) electrons. The van der Waals surface area contributed by atoms with Gasteiger partial charge in [0.2, 0.25) is 11.8 Å². The molecular weight excluding hydrogens is 354 g/mol. The summed E-state index contributed by atoms with van der Waals surface area (Å²) in [6, 6.07) is 15.7. The smallest absolute Gasteiger partial charge is 0.387 e. The maximum atomic E-state index is 12.1. The van der Waals surface area contributed by atoms with Crippen molar-refractivity contribution < 1.29 is 23.1 Å². The lowest BCUT2D eigenvalue weighted by molar-refractivity contribution is -0.122. The standard InChI is InChI=1S/C20H22F2N2O3/c21-20(22)27-17-8-6-15(7-9-17)10-12-23-18(25)11-13-24-19(26)14-16-4-2-1-3-5-16/h1-9,20H,10-14H2,(H,23,25)(H,24,26). The van der Waals surface area contributed by atoms with Gasteiger partial charge in [-0.25, -0.2) is 0 Å². The molecular formula is C20H22F2N2O3. The van der Waals surface area contributed by atoms with E-state index in [-0.39, 0.29) is 37.0 Å². The van der Waals surface area contributed by atoms with Crippen LogP contribution >= 0.6 is 0 Å². The Bertz CT molecular complexity index is 722. The average molecular weight is 376 g/mol. The second-order valence-corrected chi connectivity index (χ2v) is 5.88. The highest BCUT2D eigenvalue weighted by atomic mass is 19.3. The molecule has 0 aromatic heterocycles. The number of hydrogen-bond acceptors (Lipinski definition) is 3. The van der Waals surface area contributed by atoms with E-state index in [1.54, 1.807) is 12.1 Å². The molecule has 2 aromatic carbocycles. The lowest BCUT2D eigenvalue weighted by Crippen LogP contribution is -2.32. The third-order valence-electron chi connectivity index (χ3n) is 3.77. The zero-order valence-corrected chi connectivity index (χ0v) is 14.8. The number of carbonyl (C=O) groups is 2. The van der Waals surface area contributed by atoms with Gasteiger partial charge in [0.15, 0.2) is 0 Å². The van der Waals surface area contributed by atoms with E-state index in [0.29, 0.717) is 13.0 Å². The molecule has 27 heavy (non-hydrogen) atoms. The summed E-state index contributed by atoms with van der Waals surface area (Å²) in [7, 11) is 0. The van der Waals surface area contributed by atoms with E-state index in [2.05, 4.69) is 15.4 Å². The van der Waals surface area contributed by atoms with Gasteiger partial charge in [-0.3, -0.25) is 9.59 Å². The molecule has 2 rings (SSSR count). The van der Waals surface area contributed by atoms with Gasteiger partial charge in [-0.05, 0) is 29.7 Å². The Balaban J connectivity index is 1.58. The average Bonchev–Trinajstić information content (AvgIpc) is 2.63. The zero-order chi connectivity index (χ0) is 19.5. The maximum absolute atomic E-state index is 12.1. The van der Waals surface area contributed by atoms with E-state index < -0.39 is 6.61 Å². The molecule has 2 N–H and O–H groups in total. The summed E-state index contributed by atoms with van der Waals surface area (Å²) >= 11 is 0. The molecule has 0 unspecified atom stereocenters. The van der Waals surface area contributed by atoms with Crippen molar-refractivity contribution >= 4 is 11.8 Å². The summed E-state index contributed by atoms with van der Waals surface area (Å²) in [6.07, 6.45) is 1.05. The summed E-state index contributed by atoms with van der Waals surface area (Å²) in [6.45, 7) is -2.15. The van der Waals surface area contributed by atoms with Crippen molar-refractivity contribution in [3.63, 3.8) is 0 Å². The van der Waals surface area contributed by atoms with Crippen LogP contribution < -0.4 is 15.4 Å². The van der Waals surface area contributed by atoms with Gasteiger partial charge in [0.1, 0.15) is 5.75 Å². The van der Waals surface area contributed by atoms with E-state index in [1.165, 1.54) is 12.1 Å². The monoisotopic (exact) mass is 376 g/mol. The van der Waals surface area contributed by atoms with Crippen LogP contribution in [0.4, 0.5) is 8.78 Å². The molecule has 0 aliphatic heterocycles. The van der Waals surface area contributed by atoms with Gasteiger partial charge in [0, 0.05) is 19.5 Å². The van der Waals surface area contributed by atoms with Crippen LogP contribution in [0.15, 0.2) is 54.6 Å². The van der Waals surface area contributed by atoms with Crippen LogP contribution in [0.3, 0.4) is 0 Å². The number of alkyl halides is 2. The van der Waals surface area contributed by atoms with Crippen LogP contribution in [-0.2, 0) is 22.4 Å². The molecule has 0 aliphatic carbocycles. The minimum Gasteiger partial charge on any atom is -0.435 e. The van der Waals surface area contributed by atoms with Gasteiger partial charge in [-0.1, -0.05) is 42.5 Å². The van der Waals surface area contributed by atoms with Gasteiger partial charge < -0.3 is 15.4 Å². The predicted molar refractivity (Wildman–Crippen MR) is 97.6 cm³/mol. The Morgan fingerprint density at radius 1 is 0.852 bits per heavy atom. The normalized spacial score (nSPS) is 10.5. The number of ether oxygens (including phenoxy) is 1. The minimum absolute atomic E-state index is 0.101. The maximum Gasteiger partial charge on any atom is 0.387 e. The Hall–Kier alpha value is -2.96. The number of carbonyl (C=O) groups excluding carboxylic acids is 2. The second kappa shape index (κ2) is 10.9. The molecule has 0 atom stereocenters. The first-order valence-corrected chi connectivity index (χ1v) is 8.64. The molecule has 5 nitrogen and oxygen atoms in total.